The van der Waals surface area contributed by atoms with E-state index in [9.17, 15) is 18.0 Å². The summed E-state index contributed by atoms with van der Waals surface area (Å²) in [7, 11) is -4.04. The van der Waals surface area contributed by atoms with Gasteiger partial charge in [-0.3, -0.25) is 9.59 Å². The van der Waals surface area contributed by atoms with Crippen LogP contribution in [-0.4, -0.2) is 54.1 Å². The number of aliphatic carboxylic acids is 1. The lowest BCUT2D eigenvalue weighted by atomic mass is 9.97. The molecule has 140 valence electrons. The number of hydrogen-bond donors (Lipinski definition) is 2. The summed E-state index contributed by atoms with van der Waals surface area (Å²) in [6.45, 7) is 4.37. The maximum Gasteiger partial charge on any atom is 0.323 e. The third kappa shape index (κ3) is 3.84. The van der Waals surface area contributed by atoms with Gasteiger partial charge in [-0.15, -0.1) is 0 Å². The first-order valence-electron chi connectivity index (χ1n) is 8.11. The average Bonchev–Trinajstić information content (AvgIpc) is 3.11. The number of hydrogen-bond acceptors (Lipinski definition) is 6. The third-order valence-corrected chi connectivity index (χ3v) is 6.21. The lowest BCUT2D eigenvalue weighted by Gasteiger charge is -2.33. The molecule has 1 fully saturated rings. The fraction of sp³-hybridized carbons (Fsp3) is 0.667. The lowest BCUT2D eigenvalue weighted by molar-refractivity contribution is -0.147. The number of nitrogens with one attached hydrogen (secondary N) is 1. The second-order valence-electron chi connectivity index (χ2n) is 6.26. The van der Waals surface area contributed by atoms with Crippen molar-refractivity contribution in [1.82, 2.24) is 14.8 Å². The molecular formula is C15H23N3O6S. The van der Waals surface area contributed by atoms with E-state index in [2.05, 4.69) is 9.88 Å². The molecule has 1 aromatic rings. The lowest BCUT2D eigenvalue weighted by Crippen LogP contribution is -2.58. The van der Waals surface area contributed by atoms with Gasteiger partial charge in [-0.2, -0.15) is 4.72 Å². The Labute approximate surface area is 146 Å². The number of sulfonamides is 1. The van der Waals surface area contributed by atoms with E-state index >= 15 is 0 Å². The normalized spacial score (nSPS) is 16.8. The summed E-state index contributed by atoms with van der Waals surface area (Å²) in [4.78, 5) is 25.0. The zero-order chi connectivity index (χ0) is 18.8. The number of amides is 1. The van der Waals surface area contributed by atoms with Gasteiger partial charge in [-0.25, -0.2) is 8.42 Å². The van der Waals surface area contributed by atoms with Gasteiger partial charge in [0.2, 0.25) is 15.9 Å². The predicted molar refractivity (Wildman–Crippen MR) is 87.4 cm³/mol. The largest absolute Gasteiger partial charge is 0.480 e. The number of likely N-dealkylation sites (N-methyl/N-ethyl adjacent to an activating group) is 1. The van der Waals surface area contributed by atoms with E-state index in [0.717, 1.165) is 4.90 Å². The second-order valence-corrected chi connectivity index (χ2v) is 7.88. The predicted octanol–water partition coefficient (Wildman–Crippen LogP) is 0.816. The fourth-order valence-corrected chi connectivity index (χ4v) is 5.05. The highest BCUT2D eigenvalue weighted by molar-refractivity contribution is 7.89. The van der Waals surface area contributed by atoms with Crippen molar-refractivity contribution < 1.29 is 27.6 Å². The first kappa shape index (κ1) is 19.4. The molecule has 0 atom stereocenters. The number of carbonyl (C=O) groups excluding carboxylic acids is 1. The molecule has 1 aliphatic carbocycles. The molecule has 25 heavy (non-hydrogen) atoms. The highest BCUT2D eigenvalue weighted by Gasteiger charge is 2.47. The van der Waals surface area contributed by atoms with E-state index in [4.69, 9.17) is 9.63 Å². The Morgan fingerprint density at radius 3 is 2.36 bits per heavy atom. The quantitative estimate of drug-likeness (QED) is 0.723. The van der Waals surface area contributed by atoms with Crippen LogP contribution in [0.2, 0.25) is 0 Å². The smallest absolute Gasteiger partial charge is 0.323 e. The molecule has 9 nitrogen and oxygen atoms in total. The van der Waals surface area contributed by atoms with Crippen molar-refractivity contribution in [3.8, 4) is 0 Å². The van der Waals surface area contributed by atoms with E-state index in [0.29, 0.717) is 25.7 Å². The third-order valence-electron chi connectivity index (χ3n) is 4.43. The van der Waals surface area contributed by atoms with E-state index in [1.165, 1.54) is 13.8 Å². The Hall–Kier alpha value is -1.94. The number of carboxylic acids is 1. The van der Waals surface area contributed by atoms with Crippen LogP contribution in [0.5, 0.6) is 0 Å². The summed E-state index contributed by atoms with van der Waals surface area (Å²) < 4.78 is 33.1. The van der Waals surface area contributed by atoms with Gasteiger partial charge in [0.05, 0.1) is 0 Å². The molecule has 2 rings (SSSR count). The molecule has 2 N–H and O–H groups in total. The molecule has 1 amide bonds. The van der Waals surface area contributed by atoms with Crippen LogP contribution >= 0.6 is 0 Å². The number of carboxylic acid groups (broad SMARTS) is 1. The highest BCUT2D eigenvalue weighted by Crippen LogP contribution is 2.34. The van der Waals surface area contributed by atoms with Crippen LogP contribution in [0.3, 0.4) is 0 Å². The summed E-state index contributed by atoms with van der Waals surface area (Å²) in [5, 5.41) is 12.6. The van der Waals surface area contributed by atoms with Crippen molar-refractivity contribution in [2.24, 2.45) is 0 Å². The zero-order valence-corrected chi connectivity index (χ0v) is 15.4. The van der Waals surface area contributed by atoms with Crippen LogP contribution in [-0.2, 0) is 19.6 Å². The van der Waals surface area contributed by atoms with Crippen LogP contribution in [0.4, 0.5) is 0 Å². The number of aromatic nitrogens is 1. The molecule has 0 aromatic carbocycles. The summed E-state index contributed by atoms with van der Waals surface area (Å²) in [5.74, 6) is -1.51. The van der Waals surface area contributed by atoms with Crippen molar-refractivity contribution in [2.75, 3.05) is 13.1 Å². The molecule has 0 unspecified atom stereocenters. The first-order valence-corrected chi connectivity index (χ1v) is 9.59. The molecular weight excluding hydrogens is 350 g/mol. The molecule has 1 saturated carbocycles. The SMILES string of the molecule is CCN(CC(=O)O)C(=O)C1(NS(=O)(=O)c2c(C)noc2C)CCCC1. The zero-order valence-electron chi connectivity index (χ0n) is 14.5. The maximum absolute atomic E-state index is 12.9. The Morgan fingerprint density at radius 1 is 1.32 bits per heavy atom. The van der Waals surface area contributed by atoms with Gasteiger partial charge in [0.15, 0.2) is 5.76 Å². The van der Waals surface area contributed by atoms with Gasteiger partial charge in [0, 0.05) is 6.54 Å². The van der Waals surface area contributed by atoms with Gasteiger partial charge in [0.1, 0.15) is 22.7 Å². The van der Waals surface area contributed by atoms with E-state index < -0.39 is 34.0 Å². The molecule has 0 spiro atoms. The first-order chi connectivity index (χ1) is 11.6. The summed E-state index contributed by atoms with van der Waals surface area (Å²) in [5.41, 5.74) is -1.12. The minimum Gasteiger partial charge on any atom is -0.480 e. The van der Waals surface area contributed by atoms with Gasteiger partial charge < -0.3 is 14.5 Å². The van der Waals surface area contributed by atoms with Crippen LogP contribution in [0.25, 0.3) is 0 Å². The van der Waals surface area contributed by atoms with Crippen molar-refractivity contribution >= 4 is 21.9 Å². The van der Waals surface area contributed by atoms with Crippen molar-refractivity contribution in [3.63, 3.8) is 0 Å². The molecule has 1 heterocycles. The van der Waals surface area contributed by atoms with Gasteiger partial charge in [0.25, 0.3) is 0 Å². The molecule has 0 aliphatic heterocycles. The summed E-state index contributed by atoms with van der Waals surface area (Å²) in [6, 6.07) is 0. The topological polar surface area (TPSA) is 130 Å². The minimum absolute atomic E-state index is 0.0761. The Balaban J connectivity index is 2.37. The number of aryl methyl sites for hydroxylation is 2. The molecule has 1 aliphatic rings. The molecule has 0 radical (unpaired) electrons. The number of rotatable bonds is 7. The van der Waals surface area contributed by atoms with Crippen LogP contribution in [0.1, 0.15) is 44.1 Å². The van der Waals surface area contributed by atoms with Gasteiger partial charge in [-0.1, -0.05) is 18.0 Å². The standard InChI is InChI=1S/C15H23N3O6S/c1-4-18(9-12(19)20)14(21)15(7-5-6-8-15)17-25(22,23)13-10(2)16-24-11(13)3/h17H,4-9H2,1-3H3,(H,19,20). The fourth-order valence-electron chi connectivity index (χ4n) is 3.30. The molecule has 10 heteroatoms. The molecule has 0 saturated heterocycles. The van der Waals surface area contributed by atoms with Crippen molar-refractivity contribution in [2.45, 2.75) is 56.9 Å². The number of carbonyl (C=O) groups is 2. The van der Waals surface area contributed by atoms with Crippen LogP contribution in [0.15, 0.2) is 9.42 Å². The van der Waals surface area contributed by atoms with Crippen molar-refractivity contribution in [3.05, 3.63) is 11.5 Å². The Bertz CT molecular complexity index is 745. The maximum atomic E-state index is 12.9. The monoisotopic (exact) mass is 373 g/mol. The number of nitrogens with zero attached hydrogens (tertiary/aromatic N) is 2. The average molecular weight is 373 g/mol. The summed E-state index contributed by atoms with van der Waals surface area (Å²) >= 11 is 0. The van der Waals surface area contributed by atoms with Crippen LogP contribution in [0, 0.1) is 13.8 Å². The Morgan fingerprint density at radius 2 is 1.92 bits per heavy atom. The van der Waals surface area contributed by atoms with Gasteiger partial charge in [-0.05, 0) is 33.6 Å². The molecule has 1 aromatic heterocycles. The van der Waals surface area contributed by atoms with Gasteiger partial charge >= 0.3 is 5.97 Å². The highest BCUT2D eigenvalue weighted by atomic mass is 32.2. The van der Waals surface area contributed by atoms with E-state index in [-0.39, 0.29) is 22.9 Å². The van der Waals surface area contributed by atoms with E-state index in [1.54, 1.807) is 6.92 Å². The minimum atomic E-state index is -4.04. The van der Waals surface area contributed by atoms with E-state index in [1.807, 2.05) is 0 Å². The Kier molecular flexibility index (Phi) is 5.52. The second kappa shape index (κ2) is 7.12. The molecule has 0 bridgehead atoms. The van der Waals surface area contributed by atoms with Crippen LogP contribution < -0.4 is 4.72 Å². The van der Waals surface area contributed by atoms with Crippen molar-refractivity contribution in [1.29, 1.82) is 0 Å². The summed E-state index contributed by atoms with van der Waals surface area (Å²) in [6.07, 6.45) is 2.01.